The monoisotopic (exact) mass is 678 g/mol. The average molecular weight is 679 g/mol. The molecule has 252 valence electrons. The van der Waals surface area contributed by atoms with E-state index in [-0.39, 0.29) is 28.3 Å². The van der Waals surface area contributed by atoms with Gasteiger partial charge in [-0.2, -0.15) is 4.98 Å². The van der Waals surface area contributed by atoms with Crippen LogP contribution in [0.2, 0.25) is 0 Å². The second kappa shape index (κ2) is 15.0. The number of sulfonamides is 1. The van der Waals surface area contributed by atoms with Crippen molar-refractivity contribution < 1.29 is 27.8 Å². The standard InChI is InChI=1S/C38H38N4O6S/c1-26-11-9-12-27(2)36(26)32-23-35(40-38(39-32)41-49(45,46)31-18-10-17-30(22-31)37(43)44)48-34(21-28-13-5-3-6-14-28)33-25-47-20-19-42(33)24-29-15-7-4-8-16-29/h3-18,22-23,33-34H,19-21,24-25H2,1-2H3,(H,43,44)(H,39,40,41). The van der Waals surface area contributed by atoms with Crippen molar-refractivity contribution >= 4 is 21.9 Å². The molecule has 11 heteroatoms. The topological polar surface area (TPSA) is 131 Å². The van der Waals surface area contributed by atoms with Gasteiger partial charge in [-0.05, 0) is 54.3 Å². The summed E-state index contributed by atoms with van der Waals surface area (Å²) in [6.07, 6.45) is 0.121. The number of morpholine rings is 1. The van der Waals surface area contributed by atoms with Crippen LogP contribution in [-0.2, 0) is 27.7 Å². The molecule has 1 aliphatic rings. The highest BCUT2D eigenvalue weighted by atomic mass is 32.2. The average Bonchev–Trinajstić information content (AvgIpc) is 3.09. The maximum Gasteiger partial charge on any atom is 0.335 e. The third-order valence-electron chi connectivity index (χ3n) is 8.55. The van der Waals surface area contributed by atoms with Crippen LogP contribution in [0, 0.1) is 13.8 Å². The highest BCUT2D eigenvalue weighted by molar-refractivity contribution is 7.92. The Morgan fingerprint density at radius 3 is 2.29 bits per heavy atom. The molecule has 10 nitrogen and oxygen atoms in total. The van der Waals surface area contributed by atoms with E-state index in [1.165, 1.54) is 23.8 Å². The van der Waals surface area contributed by atoms with Crippen LogP contribution in [0.25, 0.3) is 11.3 Å². The van der Waals surface area contributed by atoms with E-state index >= 15 is 0 Å². The summed E-state index contributed by atoms with van der Waals surface area (Å²) in [5.41, 5.74) is 5.30. The molecule has 0 aliphatic carbocycles. The van der Waals surface area contributed by atoms with Crippen molar-refractivity contribution in [2.75, 3.05) is 24.5 Å². The number of hydrogen-bond acceptors (Lipinski definition) is 8. The fraction of sp³-hybridized carbons (Fsp3) is 0.237. The molecule has 1 aliphatic heterocycles. The summed E-state index contributed by atoms with van der Waals surface area (Å²) < 4.78 is 42.4. The molecule has 1 saturated heterocycles. The lowest BCUT2D eigenvalue weighted by atomic mass is 9.99. The van der Waals surface area contributed by atoms with Gasteiger partial charge >= 0.3 is 5.97 Å². The lowest BCUT2D eigenvalue weighted by molar-refractivity contribution is -0.0554. The number of ether oxygens (including phenoxy) is 2. The Morgan fingerprint density at radius 1 is 0.918 bits per heavy atom. The summed E-state index contributed by atoms with van der Waals surface area (Å²) in [5, 5.41) is 9.45. The Morgan fingerprint density at radius 2 is 1.59 bits per heavy atom. The van der Waals surface area contributed by atoms with E-state index in [0.29, 0.717) is 38.4 Å². The van der Waals surface area contributed by atoms with Crippen LogP contribution in [0.4, 0.5) is 5.95 Å². The first-order chi connectivity index (χ1) is 23.7. The van der Waals surface area contributed by atoms with Crippen molar-refractivity contribution in [1.29, 1.82) is 0 Å². The summed E-state index contributed by atoms with van der Waals surface area (Å²) in [4.78, 5) is 22.9. The number of aromatic nitrogens is 2. The minimum absolute atomic E-state index is 0.147. The number of hydrogen-bond donors (Lipinski definition) is 2. The molecule has 2 atom stereocenters. The number of aryl methyl sites for hydroxylation is 2. The molecule has 1 aromatic heterocycles. The number of nitrogens with one attached hydrogen (secondary N) is 1. The molecule has 0 saturated carbocycles. The minimum atomic E-state index is -4.27. The molecular weight excluding hydrogens is 641 g/mol. The molecule has 5 aromatic rings. The molecule has 6 rings (SSSR count). The number of benzene rings is 4. The lowest BCUT2D eigenvalue weighted by Gasteiger charge is -2.40. The number of rotatable bonds is 12. The second-order valence-corrected chi connectivity index (χ2v) is 13.7. The van der Waals surface area contributed by atoms with Gasteiger partial charge in [0, 0.05) is 31.1 Å². The summed E-state index contributed by atoms with van der Waals surface area (Å²) in [5.74, 6) is -1.25. The summed E-state index contributed by atoms with van der Waals surface area (Å²) >= 11 is 0. The second-order valence-electron chi connectivity index (χ2n) is 12.1. The molecule has 0 radical (unpaired) electrons. The maximum atomic E-state index is 13.5. The van der Waals surface area contributed by atoms with Crippen molar-refractivity contribution in [1.82, 2.24) is 14.9 Å². The Labute approximate surface area is 286 Å². The SMILES string of the molecule is Cc1cccc(C)c1-c1cc(OC(Cc2ccccc2)C2COCCN2Cc2ccccc2)nc(NS(=O)(=O)c2cccc(C(=O)O)c2)n1. The Hall–Kier alpha value is -5.10. The molecule has 2 unspecified atom stereocenters. The number of carbonyl (C=O) groups is 1. The molecule has 2 N–H and O–H groups in total. The fourth-order valence-electron chi connectivity index (χ4n) is 6.12. The number of anilines is 1. The number of carboxylic acid groups (broad SMARTS) is 1. The first-order valence-electron chi connectivity index (χ1n) is 16.0. The summed E-state index contributed by atoms with van der Waals surface area (Å²) in [7, 11) is -4.27. The Balaban J connectivity index is 1.40. The summed E-state index contributed by atoms with van der Waals surface area (Å²) in [6, 6.07) is 32.9. The normalized spacial score (nSPS) is 15.8. The van der Waals surface area contributed by atoms with Gasteiger partial charge in [0.15, 0.2) is 0 Å². The first kappa shape index (κ1) is 33.8. The fourth-order valence-corrected chi connectivity index (χ4v) is 7.11. The van der Waals surface area contributed by atoms with Crippen molar-refractivity contribution in [2.45, 2.75) is 43.9 Å². The zero-order chi connectivity index (χ0) is 34.4. The molecule has 1 fully saturated rings. The summed E-state index contributed by atoms with van der Waals surface area (Å²) in [6.45, 7) is 6.39. The van der Waals surface area contributed by atoms with Gasteiger partial charge < -0.3 is 14.6 Å². The molecular formula is C38H38N4O6S. The van der Waals surface area contributed by atoms with E-state index in [0.717, 1.165) is 28.3 Å². The van der Waals surface area contributed by atoms with Gasteiger partial charge in [-0.25, -0.2) is 22.9 Å². The van der Waals surface area contributed by atoms with Gasteiger partial charge in [-0.1, -0.05) is 84.9 Å². The van der Waals surface area contributed by atoms with E-state index in [9.17, 15) is 18.3 Å². The highest BCUT2D eigenvalue weighted by Gasteiger charge is 2.33. The third-order valence-corrected chi connectivity index (χ3v) is 9.87. The van der Waals surface area contributed by atoms with Crippen LogP contribution in [0.15, 0.2) is 114 Å². The van der Waals surface area contributed by atoms with Crippen LogP contribution >= 0.6 is 0 Å². The van der Waals surface area contributed by atoms with Crippen LogP contribution in [0.5, 0.6) is 5.88 Å². The molecule has 0 amide bonds. The first-order valence-corrected chi connectivity index (χ1v) is 17.5. The van der Waals surface area contributed by atoms with E-state index in [2.05, 4.69) is 43.9 Å². The van der Waals surface area contributed by atoms with Crippen LogP contribution in [0.3, 0.4) is 0 Å². The molecule has 0 bridgehead atoms. The van der Waals surface area contributed by atoms with Crippen molar-refractivity contribution in [3.05, 3.63) is 137 Å². The van der Waals surface area contributed by atoms with Crippen LogP contribution in [0.1, 0.15) is 32.6 Å². The van der Waals surface area contributed by atoms with Gasteiger partial charge in [0.2, 0.25) is 11.8 Å². The van der Waals surface area contributed by atoms with Gasteiger partial charge in [0.25, 0.3) is 10.0 Å². The van der Waals surface area contributed by atoms with Crippen molar-refractivity contribution in [3.63, 3.8) is 0 Å². The molecule has 4 aromatic carbocycles. The quantitative estimate of drug-likeness (QED) is 0.160. The predicted octanol–water partition coefficient (Wildman–Crippen LogP) is 6.15. The maximum absolute atomic E-state index is 13.5. The largest absolute Gasteiger partial charge is 0.478 e. The Bertz CT molecular complexity index is 2010. The van der Waals surface area contributed by atoms with E-state index < -0.39 is 22.1 Å². The molecule has 2 heterocycles. The molecule has 0 spiro atoms. The Kier molecular flexibility index (Phi) is 10.3. The van der Waals surface area contributed by atoms with Crippen molar-refractivity contribution in [3.8, 4) is 17.1 Å². The van der Waals surface area contributed by atoms with Gasteiger partial charge in [-0.3, -0.25) is 4.90 Å². The number of carboxylic acids is 1. The zero-order valence-electron chi connectivity index (χ0n) is 27.3. The predicted molar refractivity (Wildman–Crippen MR) is 187 cm³/mol. The van der Waals surface area contributed by atoms with Crippen LogP contribution < -0.4 is 9.46 Å². The zero-order valence-corrected chi connectivity index (χ0v) is 28.1. The van der Waals surface area contributed by atoms with E-state index in [1.807, 2.05) is 68.4 Å². The number of nitrogens with zero attached hydrogens (tertiary/aromatic N) is 3. The highest BCUT2D eigenvalue weighted by Crippen LogP contribution is 2.31. The van der Waals surface area contributed by atoms with Crippen LogP contribution in [-0.4, -0.2) is 66.3 Å². The van der Waals surface area contributed by atoms with Gasteiger partial charge in [0.1, 0.15) is 6.10 Å². The lowest BCUT2D eigenvalue weighted by Crippen LogP contribution is -2.53. The minimum Gasteiger partial charge on any atom is -0.478 e. The van der Waals surface area contributed by atoms with Gasteiger partial charge in [0.05, 0.1) is 35.4 Å². The van der Waals surface area contributed by atoms with E-state index in [1.54, 1.807) is 6.07 Å². The van der Waals surface area contributed by atoms with E-state index in [4.69, 9.17) is 9.47 Å². The third kappa shape index (κ3) is 8.32. The number of aromatic carboxylic acids is 1. The van der Waals surface area contributed by atoms with Crippen molar-refractivity contribution in [2.24, 2.45) is 0 Å². The smallest absolute Gasteiger partial charge is 0.335 e. The molecule has 49 heavy (non-hydrogen) atoms. The van der Waals surface area contributed by atoms with Gasteiger partial charge in [-0.15, -0.1) is 0 Å².